The molecule has 0 aliphatic carbocycles. The molecule has 0 spiro atoms. The third-order valence-corrected chi connectivity index (χ3v) is 2.02. The summed E-state index contributed by atoms with van der Waals surface area (Å²) in [5.41, 5.74) is -0.00711. The van der Waals surface area contributed by atoms with Gasteiger partial charge in [0.2, 0.25) is 0 Å². The Morgan fingerprint density at radius 1 is 1.21 bits per heavy atom. The second kappa shape index (κ2) is 3.19. The average molecular weight is 196 g/mol. The molecule has 4 nitrogen and oxygen atoms in total. The van der Waals surface area contributed by atoms with E-state index in [1.54, 1.807) is 0 Å². The molecule has 0 saturated heterocycles. The first-order valence-electron chi connectivity index (χ1n) is 4.72. The van der Waals surface area contributed by atoms with Crippen molar-refractivity contribution in [2.45, 2.75) is 40.7 Å². The van der Waals surface area contributed by atoms with Crippen LogP contribution in [0.1, 0.15) is 34.6 Å². The maximum absolute atomic E-state index is 11.5. The van der Waals surface area contributed by atoms with Crippen LogP contribution in [0.4, 0.5) is 0 Å². The molecule has 0 bridgehead atoms. The Kier molecular flexibility index (Phi) is 2.48. The van der Waals surface area contributed by atoms with E-state index < -0.39 is 11.7 Å². The molecule has 0 aromatic heterocycles. The van der Waals surface area contributed by atoms with Crippen molar-refractivity contribution in [3.8, 4) is 0 Å². The van der Waals surface area contributed by atoms with Crippen LogP contribution in [0.25, 0.3) is 0 Å². The minimum absolute atomic E-state index is 0.0636. The fourth-order valence-electron chi connectivity index (χ4n) is 1.24. The fraction of sp³-hybridized carbons (Fsp3) is 0.700. The van der Waals surface area contributed by atoms with Gasteiger partial charge in [-0.25, -0.2) is 5.01 Å². The van der Waals surface area contributed by atoms with E-state index in [4.69, 9.17) is 0 Å². The summed E-state index contributed by atoms with van der Waals surface area (Å²) in [5, 5.41) is 5.32. The molecule has 0 unspecified atom stereocenters. The molecule has 1 aliphatic heterocycles. The summed E-state index contributed by atoms with van der Waals surface area (Å²) in [5.74, 6) is -0.976. The van der Waals surface area contributed by atoms with E-state index in [9.17, 15) is 9.59 Å². The predicted molar refractivity (Wildman–Crippen MR) is 53.9 cm³/mol. The van der Waals surface area contributed by atoms with Gasteiger partial charge in [-0.05, 0) is 13.8 Å². The van der Waals surface area contributed by atoms with Crippen molar-refractivity contribution in [2.24, 2.45) is 10.5 Å². The number of ketones is 1. The highest BCUT2D eigenvalue weighted by molar-refractivity contribution is 6.67. The minimum Gasteiger partial charge on any atom is -0.282 e. The third-order valence-electron chi connectivity index (χ3n) is 2.02. The van der Waals surface area contributed by atoms with Gasteiger partial charge in [0.05, 0.1) is 6.04 Å². The van der Waals surface area contributed by atoms with Gasteiger partial charge in [-0.1, -0.05) is 20.8 Å². The first kappa shape index (κ1) is 10.9. The molecule has 1 amide bonds. The summed E-state index contributed by atoms with van der Waals surface area (Å²) in [4.78, 5) is 23.0. The molecule has 1 rings (SSSR count). The van der Waals surface area contributed by atoms with Crippen LogP contribution in [0.3, 0.4) is 0 Å². The molecule has 78 valence electrons. The fourth-order valence-corrected chi connectivity index (χ4v) is 1.24. The van der Waals surface area contributed by atoms with Gasteiger partial charge in [0.1, 0.15) is 5.71 Å². The number of carbonyl (C=O) groups excluding carboxylic acids is 2. The number of hydrazone groups is 1. The summed E-state index contributed by atoms with van der Waals surface area (Å²) >= 11 is 0. The van der Waals surface area contributed by atoms with Crippen LogP contribution in [0, 0.1) is 5.41 Å². The molecule has 0 fully saturated rings. The maximum atomic E-state index is 11.5. The van der Waals surface area contributed by atoms with Crippen molar-refractivity contribution in [1.29, 1.82) is 0 Å². The molecule has 0 radical (unpaired) electrons. The smallest absolute Gasteiger partial charge is 0.282 e. The van der Waals surface area contributed by atoms with E-state index in [-0.39, 0.29) is 11.5 Å². The molecule has 14 heavy (non-hydrogen) atoms. The van der Waals surface area contributed by atoms with Crippen molar-refractivity contribution >= 4 is 17.4 Å². The molecule has 0 N–H and O–H groups in total. The van der Waals surface area contributed by atoms with Gasteiger partial charge < -0.3 is 0 Å². The van der Waals surface area contributed by atoms with Crippen LogP contribution in [-0.4, -0.2) is 28.5 Å². The Morgan fingerprint density at radius 3 is 1.93 bits per heavy atom. The zero-order valence-electron chi connectivity index (χ0n) is 9.29. The zero-order chi connectivity index (χ0) is 11.1. The quantitative estimate of drug-likeness (QED) is 0.592. The maximum Gasteiger partial charge on any atom is 0.316 e. The zero-order valence-corrected chi connectivity index (χ0v) is 9.29. The topological polar surface area (TPSA) is 49.7 Å². The highest BCUT2D eigenvalue weighted by Gasteiger charge is 2.40. The average Bonchev–Trinajstić information content (AvgIpc) is 2.28. The summed E-state index contributed by atoms with van der Waals surface area (Å²) in [7, 11) is 0. The van der Waals surface area contributed by atoms with E-state index in [1.165, 1.54) is 5.01 Å². The molecular formula is C10H16N2O2. The second-order valence-corrected chi connectivity index (χ2v) is 4.77. The first-order chi connectivity index (χ1) is 6.25. The Hall–Kier alpha value is -1.19. The highest BCUT2D eigenvalue weighted by Crippen LogP contribution is 2.23. The molecule has 1 aliphatic rings. The monoisotopic (exact) mass is 196 g/mol. The Balaban J connectivity index is 3.06. The van der Waals surface area contributed by atoms with Gasteiger partial charge in [-0.3, -0.25) is 9.59 Å². The Labute approximate surface area is 84.0 Å². The van der Waals surface area contributed by atoms with E-state index in [1.807, 2.05) is 34.6 Å². The van der Waals surface area contributed by atoms with Crippen molar-refractivity contribution in [1.82, 2.24) is 5.01 Å². The number of amides is 1. The third kappa shape index (κ3) is 1.69. The van der Waals surface area contributed by atoms with Crippen LogP contribution in [0.2, 0.25) is 0 Å². The van der Waals surface area contributed by atoms with Gasteiger partial charge in [-0.2, -0.15) is 5.10 Å². The van der Waals surface area contributed by atoms with Crippen molar-refractivity contribution in [3.05, 3.63) is 0 Å². The van der Waals surface area contributed by atoms with Crippen molar-refractivity contribution in [2.75, 3.05) is 0 Å². The molecular weight excluding hydrogens is 180 g/mol. The second-order valence-electron chi connectivity index (χ2n) is 4.77. The normalized spacial score (nSPS) is 18.1. The number of hydrogen-bond acceptors (Lipinski definition) is 3. The van der Waals surface area contributed by atoms with Gasteiger partial charge in [0.25, 0.3) is 5.78 Å². The highest BCUT2D eigenvalue weighted by atomic mass is 16.2. The summed E-state index contributed by atoms with van der Waals surface area (Å²) in [6.07, 6.45) is 0. The van der Waals surface area contributed by atoms with Crippen molar-refractivity contribution in [3.63, 3.8) is 0 Å². The lowest BCUT2D eigenvalue weighted by Crippen LogP contribution is -2.34. The van der Waals surface area contributed by atoms with Crippen LogP contribution < -0.4 is 0 Å². The number of hydrogen-bond donors (Lipinski definition) is 0. The Morgan fingerprint density at radius 2 is 1.71 bits per heavy atom. The van der Waals surface area contributed by atoms with Crippen LogP contribution in [0.5, 0.6) is 0 Å². The molecule has 0 aromatic carbocycles. The minimum atomic E-state index is -0.509. The van der Waals surface area contributed by atoms with E-state index >= 15 is 0 Å². The number of Topliss-reactive ketones (excluding diaryl/α,β-unsaturated/α-hetero) is 1. The van der Waals surface area contributed by atoms with E-state index in [0.29, 0.717) is 5.71 Å². The predicted octanol–water partition coefficient (Wildman–Crippen LogP) is 1.21. The van der Waals surface area contributed by atoms with Crippen LogP contribution >= 0.6 is 0 Å². The van der Waals surface area contributed by atoms with Gasteiger partial charge in [0.15, 0.2) is 0 Å². The summed E-state index contributed by atoms with van der Waals surface area (Å²) in [6.45, 7) is 9.29. The number of rotatable bonds is 1. The lowest BCUT2D eigenvalue weighted by molar-refractivity contribution is -0.140. The van der Waals surface area contributed by atoms with Crippen LogP contribution in [-0.2, 0) is 9.59 Å². The van der Waals surface area contributed by atoms with E-state index in [2.05, 4.69) is 5.10 Å². The SMILES string of the molecule is CC(C)N1N=C(C(C)(C)C)C(=O)C1=O. The first-order valence-corrected chi connectivity index (χ1v) is 4.72. The molecule has 0 atom stereocenters. The lowest BCUT2D eigenvalue weighted by atomic mass is 9.88. The van der Waals surface area contributed by atoms with Crippen LogP contribution in [0.15, 0.2) is 5.10 Å². The summed E-state index contributed by atoms with van der Waals surface area (Å²) in [6, 6.07) is -0.0636. The van der Waals surface area contributed by atoms with E-state index in [0.717, 1.165) is 0 Å². The Bertz CT molecular complexity index is 311. The standard InChI is InChI=1S/C10H16N2O2/c1-6(2)12-9(14)7(13)8(11-12)10(3,4)5/h6H,1-5H3. The lowest BCUT2D eigenvalue weighted by Gasteiger charge is -2.16. The molecule has 1 heterocycles. The van der Waals surface area contributed by atoms with Gasteiger partial charge in [0, 0.05) is 5.41 Å². The number of carbonyl (C=O) groups is 2. The van der Waals surface area contributed by atoms with Gasteiger partial charge >= 0.3 is 5.91 Å². The van der Waals surface area contributed by atoms with Gasteiger partial charge in [-0.15, -0.1) is 0 Å². The number of nitrogens with zero attached hydrogens (tertiary/aromatic N) is 2. The largest absolute Gasteiger partial charge is 0.316 e. The summed E-state index contributed by atoms with van der Waals surface area (Å²) < 4.78 is 0. The van der Waals surface area contributed by atoms with Crippen molar-refractivity contribution < 1.29 is 9.59 Å². The molecule has 0 saturated carbocycles. The molecule has 4 heteroatoms. The molecule has 0 aromatic rings.